The van der Waals surface area contributed by atoms with Crippen LogP contribution in [0.1, 0.15) is 56.2 Å². The average Bonchev–Trinajstić information content (AvgIpc) is 3.79. The second-order valence-corrected chi connectivity index (χ2v) is 16.0. The Bertz CT molecular complexity index is 2160. The lowest BCUT2D eigenvalue weighted by Gasteiger charge is -2.35. The molecule has 3 aliphatic heterocycles. The van der Waals surface area contributed by atoms with Gasteiger partial charge in [0.05, 0.1) is 36.5 Å². The largest absolute Gasteiger partial charge is 0.380 e. The van der Waals surface area contributed by atoms with E-state index in [4.69, 9.17) is 16.3 Å². The number of hydrogen-bond donors (Lipinski definition) is 3. The quantitative estimate of drug-likeness (QED) is 0.0955. The molecule has 15 nitrogen and oxygen atoms in total. The summed E-state index contributed by atoms with van der Waals surface area (Å²) < 4.78 is 5.82. The summed E-state index contributed by atoms with van der Waals surface area (Å²) in [7, 11) is 0. The molecule has 0 saturated carbocycles. The van der Waals surface area contributed by atoms with Crippen molar-refractivity contribution >= 4 is 86.7 Å². The first-order chi connectivity index (χ1) is 27.0. The first kappa shape index (κ1) is 39.1. The number of thiazole rings is 1. The molecule has 7 rings (SSSR count). The summed E-state index contributed by atoms with van der Waals surface area (Å²) in [4.78, 5) is 83.4. The fourth-order valence-electron chi connectivity index (χ4n) is 6.80. The van der Waals surface area contributed by atoms with E-state index in [1.807, 2.05) is 49.1 Å². The SMILES string of the molecule is Cc1nc(Nc2ncc(C(=O)Nc3c(C)cccc3Cl)s2)cc(N2CCN(C(=O)CCOCCSc3cccc4c3CN(C3CCC(=O)NC3=O)C4=O)CC2)n1. The van der Waals surface area contributed by atoms with Gasteiger partial charge in [0.1, 0.15) is 28.4 Å². The zero-order chi connectivity index (χ0) is 39.3. The fraction of sp³-hybridized carbons (Fsp3) is 0.368. The molecular weight excluding hydrogens is 778 g/mol. The van der Waals surface area contributed by atoms with E-state index in [0.717, 1.165) is 21.8 Å². The Hall–Kier alpha value is -5.10. The lowest BCUT2D eigenvalue weighted by molar-refractivity contribution is -0.137. The minimum absolute atomic E-state index is 0.0276. The zero-order valence-electron chi connectivity index (χ0n) is 30.8. The van der Waals surface area contributed by atoms with Gasteiger partial charge in [-0.3, -0.25) is 29.3 Å². The fourth-order valence-corrected chi connectivity index (χ4v) is 8.73. The molecule has 5 heterocycles. The first-order valence-electron chi connectivity index (χ1n) is 18.2. The number of aryl methyl sites for hydroxylation is 2. The van der Waals surface area contributed by atoms with Gasteiger partial charge in [-0.2, -0.15) is 0 Å². The maximum Gasteiger partial charge on any atom is 0.267 e. The van der Waals surface area contributed by atoms with E-state index in [2.05, 4.69) is 35.8 Å². The molecule has 2 fully saturated rings. The maximum absolute atomic E-state index is 13.1. The van der Waals surface area contributed by atoms with Crippen molar-refractivity contribution in [3.63, 3.8) is 0 Å². The Balaban J connectivity index is 0.832. The van der Waals surface area contributed by atoms with E-state index in [1.54, 1.807) is 28.8 Å². The number of nitrogens with one attached hydrogen (secondary N) is 3. The number of carbonyl (C=O) groups is 5. The van der Waals surface area contributed by atoms with E-state index >= 15 is 0 Å². The van der Waals surface area contributed by atoms with Gasteiger partial charge < -0.3 is 30.1 Å². The number of ether oxygens (including phenoxy) is 1. The van der Waals surface area contributed by atoms with Gasteiger partial charge in [0.15, 0.2) is 5.13 Å². The number of fused-ring (bicyclic) bond motifs is 1. The van der Waals surface area contributed by atoms with Gasteiger partial charge in [-0.25, -0.2) is 15.0 Å². The van der Waals surface area contributed by atoms with E-state index in [0.29, 0.717) is 96.0 Å². The van der Waals surface area contributed by atoms with Crippen LogP contribution in [0.3, 0.4) is 0 Å². The Morgan fingerprint density at radius 1 is 1.05 bits per heavy atom. The van der Waals surface area contributed by atoms with Crippen LogP contribution in [0.15, 0.2) is 53.6 Å². The van der Waals surface area contributed by atoms with Gasteiger partial charge >= 0.3 is 0 Å². The van der Waals surface area contributed by atoms with Crippen molar-refractivity contribution in [3.05, 3.63) is 81.1 Å². The molecule has 2 saturated heterocycles. The number of rotatable bonds is 13. The molecular formula is C38H40ClN9O6S2. The Labute approximate surface area is 336 Å². The average molecular weight is 818 g/mol. The summed E-state index contributed by atoms with van der Waals surface area (Å²) >= 11 is 9.05. The molecule has 2 aromatic carbocycles. The third-order valence-corrected chi connectivity index (χ3v) is 12.0. The van der Waals surface area contributed by atoms with Crippen LogP contribution in [-0.2, 0) is 25.7 Å². The summed E-state index contributed by atoms with van der Waals surface area (Å²) in [5.41, 5.74) is 2.88. The number of carbonyl (C=O) groups excluding carboxylic acids is 5. The van der Waals surface area contributed by atoms with Crippen LogP contribution in [0, 0.1) is 13.8 Å². The first-order valence-corrected chi connectivity index (χ1v) is 20.4. The minimum atomic E-state index is -0.653. The van der Waals surface area contributed by atoms with Gasteiger partial charge in [-0.1, -0.05) is 41.1 Å². The molecule has 56 heavy (non-hydrogen) atoms. The molecule has 292 valence electrons. The van der Waals surface area contributed by atoms with Crippen LogP contribution in [0.4, 0.5) is 22.5 Å². The van der Waals surface area contributed by atoms with Crippen molar-refractivity contribution in [1.29, 1.82) is 0 Å². The number of imide groups is 1. The Morgan fingerprint density at radius 2 is 1.86 bits per heavy atom. The molecule has 18 heteroatoms. The lowest BCUT2D eigenvalue weighted by Crippen LogP contribution is -2.52. The van der Waals surface area contributed by atoms with E-state index in [9.17, 15) is 24.0 Å². The molecule has 2 aromatic heterocycles. The molecule has 1 atom stereocenters. The summed E-state index contributed by atoms with van der Waals surface area (Å²) in [5, 5.41) is 9.37. The predicted octanol–water partition coefficient (Wildman–Crippen LogP) is 4.81. The number of piperazine rings is 1. The number of aromatic nitrogens is 3. The van der Waals surface area contributed by atoms with Crippen molar-refractivity contribution in [2.45, 2.75) is 50.6 Å². The third-order valence-electron chi connectivity index (χ3n) is 9.69. The van der Waals surface area contributed by atoms with Crippen molar-refractivity contribution in [2.24, 2.45) is 0 Å². The van der Waals surface area contributed by atoms with E-state index in [-0.39, 0.29) is 36.5 Å². The number of halogens is 1. The van der Waals surface area contributed by atoms with Crippen LogP contribution < -0.4 is 20.9 Å². The minimum Gasteiger partial charge on any atom is -0.380 e. The third kappa shape index (κ3) is 8.96. The highest BCUT2D eigenvalue weighted by Gasteiger charge is 2.39. The molecule has 5 amide bonds. The Kier molecular flexibility index (Phi) is 12.1. The van der Waals surface area contributed by atoms with Gasteiger partial charge in [0.25, 0.3) is 11.8 Å². The van der Waals surface area contributed by atoms with Crippen molar-refractivity contribution in [2.75, 3.05) is 60.7 Å². The lowest BCUT2D eigenvalue weighted by atomic mass is 10.0. The van der Waals surface area contributed by atoms with Gasteiger partial charge in [-0.05, 0) is 49.6 Å². The highest BCUT2D eigenvalue weighted by atomic mass is 35.5. The van der Waals surface area contributed by atoms with Crippen molar-refractivity contribution < 1.29 is 28.7 Å². The molecule has 0 aliphatic carbocycles. The second kappa shape index (κ2) is 17.4. The number of thioether (sulfide) groups is 1. The highest BCUT2D eigenvalue weighted by molar-refractivity contribution is 7.99. The molecule has 3 N–H and O–H groups in total. The molecule has 0 radical (unpaired) electrons. The molecule has 3 aliphatic rings. The number of para-hydroxylation sites is 1. The van der Waals surface area contributed by atoms with Crippen molar-refractivity contribution in [1.82, 2.24) is 30.1 Å². The monoisotopic (exact) mass is 817 g/mol. The molecule has 0 spiro atoms. The number of benzene rings is 2. The number of piperidine rings is 1. The normalized spacial score (nSPS) is 16.9. The Morgan fingerprint density at radius 3 is 2.64 bits per heavy atom. The van der Waals surface area contributed by atoms with Crippen molar-refractivity contribution in [3.8, 4) is 0 Å². The second-order valence-electron chi connectivity index (χ2n) is 13.5. The number of amides is 5. The van der Waals surface area contributed by atoms with Crippen LogP contribution in [0.5, 0.6) is 0 Å². The van der Waals surface area contributed by atoms with Crippen LogP contribution in [-0.4, -0.2) is 105 Å². The zero-order valence-corrected chi connectivity index (χ0v) is 33.2. The summed E-state index contributed by atoms with van der Waals surface area (Å²) in [5.74, 6) is 1.26. The summed E-state index contributed by atoms with van der Waals surface area (Å²) in [6, 6.07) is 12.2. The number of nitrogens with zero attached hydrogens (tertiary/aromatic N) is 6. The van der Waals surface area contributed by atoms with Crippen LogP contribution >= 0.6 is 34.7 Å². The summed E-state index contributed by atoms with van der Waals surface area (Å²) in [6.45, 7) is 7.04. The van der Waals surface area contributed by atoms with Gasteiger partial charge in [0, 0.05) is 61.4 Å². The smallest absolute Gasteiger partial charge is 0.267 e. The highest BCUT2D eigenvalue weighted by Crippen LogP contribution is 2.34. The number of anilines is 4. The van der Waals surface area contributed by atoms with Gasteiger partial charge in [0.2, 0.25) is 17.7 Å². The molecule has 4 aromatic rings. The standard InChI is InChI=1S/C38H40ClN9O6S2/c1-22-5-3-7-26(39)34(22)45-36(52)29-20-40-38(56-29)43-30-19-31(42-23(2)41-30)46-12-14-47(15-13-46)33(50)11-16-54-17-18-55-28-8-4-6-24-25(28)21-48(37(24)53)27-9-10-32(49)44-35(27)51/h3-8,19-20,27H,9-18,21H2,1-2H3,(H,45,52)(H,44,49,51)(H,40,41,42,43). The molecule has 0 bridgehead atoms. The van der Waals surface area contributed by atoms with E-state index in [1.165, 1.54) is 17.5 Å². The van der Waals surface area contributed by atoms with E-state index < -0.39 is 11.9 Å². The predicted molar refractivity (Wildman–Crippen MR) is 214 cm³/mol. The number of hydrogen-bond acceptors (Lipinski definition) is 13. The van der Waals surface area contributed by atoms with Gasteiger partial charge in [-0.15, -0.1) is 11.8 Å². The molecule has 1 unspecified atom stereocenters. The van der Waals surface area contributed by atoms with Crippen LogP contribution in [0.2, 0.25) is 5.02 Å². The maximum atomic E-state index is 13.1. The topological polar surface area (TPSA) is 179 Å². The van der Waals surface area contributed by atoms with Crippen LogP contribution in [0.25, 0.3) is 0 Å². The summed E-state index contributed by atoms with van der Waals surface area (Å²) in [6.07, 6.45) is 2.31.